The van der Waals surface area contributed by atoms with Crippen LogP contribution in [0, 0.1) is 0 Å². The van der Waals surface area contributed by atoms with Gasteiger partial charge in [0.1, 0.15) is 52.5 Å². The van der Waals surface area contributed by atoms with Gasteiger partial charge in [-0.25, -0.2) is 0 Å². The van der Waals surface area contributed by atoms with E-state index in [1.807, 2.05) is 0 Å². The summed E-state index contributed by atoms with van der Waals surface area (Å²) in [5, 5.41) is 69.0. The van der Waals surface area contributed by atoms with E-state index in [-0.39, 0.29) is 16.6 Å². The summed E-state index contributed by atoms with van der Waals surface area (Å²) in [4.78, 5) is 25.0. The van der Waals surface area contributed by atoms with E-state index in [2.05, 4.69) is 0 Å². The van der Waals surface area contributed by atoms with Gasteiger partial charge in [-0.15, -0.1) is 0 Å². The van der Waals surface area contributed by atoms with Crippen molar-refractivity contribution in [1.29, 1.82) is 0 Å². The van der Waals surface area contributed by atoms with Gasteiger partial charge in [-0.05, 0) is 6.07 Å². The van der Waals surface area contributed by atoms with Gasteiger partial charge in [0.05, 0.1) is 17.6 Å². The molecule has 158 valence electrons. The van der Waals surface area contributed by atoms with Crippen LogP contribution < -0.4 is 5.43 Å². The number of carbonyl (C=O) groups is 1. The van der Waals surface area contributed by atoms with Crippen molar-refractivity contribution in [2.75, 3.05) is 6.61 Å². The minimum absolute atomic E-state index is 0.137. The fraction of sp³-hybridized carbons (Fsp3) is 0.263. The number of phenolic OH excluding ortho intramolecular Hbond substituents is 4. The van der Waals surface area contributed by atoms with E-state index in [9.17, 15) is 45.3 Å². The van der Waals surface area contributed by atoms with Crippen LogP contribution in [0.2, 0.25) is 0 Å². The lowest BCUT2D eigenvalue weighted by Crippen LogP contribution is -2.52. The molecule has 1 fully saturated rings. The number of aromatic hydroxyl groups is 4. The highest BCUT2D eigenvalue weighted by atomic mass is 16.5. The van der Waals surface area contributed by atoms with Crippen molar-refractivity contribution in [2.45, 2.75) is 24.4 Å². The van der Waals surface area contributed by atoms with Crippen molar-refractivity contribution in [3.63, 3.8) is 0 Å². The van der Waals surface area contributed by atoms with Crippen LogP contribution >= 0.6 is 0 Å². The number of hydrogen-bond acceptors (Lipinski definition) is 11. The summed E-state index contributed by atoms with van der Waals surface area (Å²) < 4.78 is 10.7. The van der Waals surface area contributed by atoms with E-state index >= 15 is 0 Å². The second-order valence-electron chi connectivity index (χ2n) is 6.87. The summed E-state index contributed by atoms with van der Waals surface area (Å²) in [6, 6.07) is 2.84. The quantitative estimate of drug-likeness (QED) is 0.208. The summed E-state index contributed by atoms with van der Waals surface area (Å²) >= 11 is 0. The third-order valence-electron chi connectivity index (χ3n) is 5.06. The van der Waals surface area contributed by atoms with Crippen LogP contribution in [-0.4, -0.2) is 66.4 Å². The average molecular weight is 420 g/mol. The Hall–Kier alpha value is -3.38. The van der Waals surface area contributed by atoms with Gasteiger partial charge in [0.2, 0.25) is 5.43 Å². The molecule has 0 saturated carbocycles. The zero-order valence-corrected chi connectivity index (χ0v) is 15.0. The van der Waals surface area contributed by atoms with Gasteiger partial charge in [-0.3, -0.25) is 9.59 Å². The normalized spacial score (nSPS) is 24.6. The first-order chi connectivity index (χ1) is 14.1. The van der Waals surface area contributed by atoms with Crippen molar-refractivity contribution < 1.29 is 49.7 Å². The number of benzene rings is 2. The Morgan fingerprint density at radius 2 is 1.50 bits per heavy atom. The Morgan fingerprint density at radius 1 is 0.867 bits per heavy atom. The minimum atomic E-state index is -2.01. The maximum Gasteiger partial charge on any atom is 0.204 e. The number of rotatable bonds is 2. The predicted molar refractivity (Wildman–Crippen MR) is 98.4 cm³/mol. The molecule has 0 amide bonds. The minimum Gasteiger partial charge on any atom is -0.507 e. The van der Waals surface area contributed by atoms with Crippen molar-refractivity contribution in [2.24, 2.45) is 0 Å². The number of ether oxygens (including phenoxy) is 1. The highest BCUT2D eigenvalue weighted by Gasteiger charge is 2.46. The molecule has 11 nitrogen and oxygen atoms in total. The van der Waals surface area contributed by atoms with Crippen LogP contribution in [0.4, 0.5) is 0 Å². The molecule has 1 aliphatic rings. The number of phenols is 4. The fourth-order valence-corrected chi connectivity index (χ4v) is 3.51. The third kappa shape index (κ3) is 2.75. The van der Waals surface area contributed by atoms with Gasteiger partial charge in [-0.2, -0.15) is 0 Å². The molecule has 0 bridgehead atoms. The van der Waals surface area contributed by atoms with E-state index < -0.39 is 76.2 Å². The topological polar surface area (TPSA) is 198 Å². The van der Waals surface area contributed by atoms with Crippen molar-refractivity contribution in [1.82, 2.24) is 0 Å². The molecule has 1 aromatic heterocycles. The molecule has 1 saturated heterocycles. The number of fused-ring (bicyclic) bond motifs is 2. The largest absolute Gasteiger partial charge is 0.507 e. The Balaban J connectivity index is 1.99. The Morgan fingerprint density at radius 3 is 2.17 bits per heavy atom. The van der Waals surface area contributed by atoms with E-state index in [1.54, 1.807) is 0 Å². The highest BCUT2D eigenvalue weighted by molar-refractivity contribution is 5.96. The summed E-state index contributed by atoms with van der Waals surface area (Å²) in [6.07, 6.45) is -6.97. The SMILES string of the molecule is O=C1[C@@H](O)[C@H](c2c(O)cc3oc4cc(O)c(O)cc4c(=O)c3c2O)O[C@H](CO)[C@H]1O. The van der Waals surface area contributed by atoms with Crippen LogP contribution in [0.1, 0.15) is 11.7 Å². The van der Waals surface area contributed by atoms with Gasteiger partial charge in [0.25, 0.3) is 0 Å². The number of ketones is 1. The third-order valence-corrected chi connectivity index (χ3v) is 5.06. The number of Topliss-reactive ketones (excluding diaryl/α,β-unsaturated/α-hetero) is 1. The summed E-state index contributed by atoms with van der Waals surface area (Å²) in [5.41, 5.74) is -1.78. The molecule has 0 unspecified atom stereocenters. The summed E-state index contributed by atoms with van der Waals surface area (Å²) in [5.74, 6) is -3.83. The van der Waals surface area contributed by atoms with Gasteiger partial charge in [0.15, 0.2) is 17.3 Å². The zero-order chi connectivity index (χ0) is 21.9. The molecule has 2 heterocycles. The van der Waals surface area contributed by atoms with Crippen LogP contribution in [0.3, 0.4) is 0 Å². The molecular weight excluding hydrogens is 404 g/mol. The first-order valence-electron chi connectivity index (χ1n) is 8.69. The molecule has 0 spiro atoms. The van der Waals surface area contributed by atoms with E-state index in [0.717, 1.165) is 18.2 Å². The van der Waals surface area contributed by atoms with E-state index in [1.165, 1.54) is 0 Å². The second kappa shape index (κ2) is 6.85. The Bertz CT molecular complexity index is 1250. The molecule has 7 N–H and O–H groups in total. The maximum absolute atomic E-state index is 12.9. The molecular formula is C19H16O11. The van der Waals surface area contributed by atoms with Crippen molar-refractivity contribution >= 4 is 27.7 Å². The number of carbonyl (C=O) groups excluding carboxylic acids is 1. The first-order valence-corrected chi connectivity index (χ1v) is 8.69. The monoisotopic (exact) mass is 420 g/mol. The Labute approximate surface area is 166 Å². The van der Waals surface area contributed by atoms with Gasteiger partial charge in [-0.1, -0.05) is 0 Å². The predicted octanol–water partition coefficient (Wildman–Crippen LogP) is -0.508. The first kappa shape index (κ1) is 19.9. The van der Waals surface area contributed by atoms with Crippen LogP contribution in [0.25, 0.3) is 21.9 Å². The maximum atomic E-state index is 12.9. The van der Waals surface area contributed by atoms with E-state index in [0.29, 0.717) is 0 Å². The molecule has 11 heteroatoms. The Kier molecular flexibility index (Phi) is 4.55. The van der Waals surface area contributed by atoms with Crippen LogP contribution in [0.5, 0.6) is 23.0 Å². The zero-order valence-electron chi connectivity index (χ0n) is 15.0. The average Bonchev–Trinajstić information content (AvgIpc) is 2.69. The fourth-order valence-electron chi connectivity index (χ4n) is 3.51. The highest BCUT2D eigenvalue weighted by Crippen LogP contribution is 2.44. The smallest absolute Gasteiger partial charge is 0.204 e. The lowest BCUT2D eigenvalue weighted by molar-refractivity contribution is -0.189. The van der Waals surface area contributed by atoms with Gasteiger partial charge in [0, 0.05) is 12.1 Å². The van der Waals surface area contributed by atoms with E-state index in [4.69, 9.17) is 9.15 Å². The standard InChI is InChI=1S/C19H16O11/c20-4-11-15(25)17(27)18(28)19(30-11)12-8(23)3-10-13(16(12)26)14(24)5-1-6(21)7(22)2-9(5)29-10/h1-3,11,15,18-23,25-26,28H,4H2/t11-,15-,18-,19+/m1/s1. The lowest BCUT2D eigenvalue weighted by Gasteiger charge is -2.35. The summed E-state index contributed by atoms with van der Waals surface area (Å²) in [7, 11) is 0. The number of hydrogen-bond donors (Lipinski definition) is 7. The molecule has 2 aromatic carbocycles. The second-order valence-corrected chi connectivity index (χ2v) is 6.87. The molecule has 0 radical (unpaired) electrons. The molecule has 30 heavy (non-hydrogen) atoms. The van der Waals surface area contributed by atoms with Gasteiger partial charge >= 0.3 is 0 Å². The molecule has 3 aromatic rings. The van der Waals surface area contributed by atoms with Crippen molar-refractivity contribution in [3.8, 4) is 23.0 Å². The van der Waals surface area contributed by atoms with Crippen LogP contribution in [-0.2, 0) is 9.53 Å². The number of aliphatic hydroxyl groups excluding tert-OH is 3. The number of aliphatic hydroxyl groups is 3. The van der Waals surface area contributed by atoms with Gasteiger partial charge < -0.3 is 44.9 Å². The lowest BCUT2D eigenvalue weighted by atomic mass is 9.90. The van der Waals surface area contributed by atoms with Crippen molar-refractivity contribution in [3.05, 3.63) is 34.0 Å². The molecule has 0 aliphatic carbocycles. The molecule has 4 rings (SSSR count). The molecule has 4 atom stereocenters. The molecule has 1 aliphatic heterocycles. The summed E-state index contributed by atoms with van der Waals surface area (Å²) in [6.45, 7) is -0.791. The van der Waals surface area contributed by atoms with Crippen LogP contribution in [0.15, 0.2) is 27.4 Å².